The van der Waals surface area contributed by atoms with Crippen LogP contribution in [0.15, 0.2) is 29.6 Å². The van der Waals surface area contributed by atoms with E-state index >= 15 is 0 Å². The van der Waals surface area contributed by atoms with Crippen molar-refractivity contribution in [2.75, 3.05) is 13.1 Å². The standard InChI is InChI=1S/C15H16F3N3OS/c16-15(17,18)11-5-3-4-10(8-11)14-21-12(9-23-14)13(22)20-7-2-1-6-19/h3-5,8-9H,1-2,6-7,19H2,(H,20,22). The molecule has 3 N–H and O–H groups in total. The molecule has 0 aliphatic carbocycles. The van der Waals surface area contributed by atoms with Crippen LogP contribution in [0.4, 0.5) is 13.2 Å². The number of aromatic nitrogens is 1. The first-order chi connectivity index (χ1) is 10.9. The van der Waals surface area contributed by atoms with Crippen LogP contribution in [0, 0.1) is 0 Å². The summed E-state index contributed by atoms with van der Waals surface area (Å²) in [6.45, 7) is 1.05. The van der Waals surface area contributed by atoms with Gasteiger partial charge in [-0.1, -0.05) is 12.1 Å². The molecule has 1 amide bonds. The van der Waals surface area contributed by atoms with Gasteiger partial charge < -0.3 is 11.1 Å². The number of hydrogen-bond acceptors (Lipinski definition) is 4. The van der Waals surface area contributed by atoms with E-state index in [-0.39, 0.29) is 11.6 Å². The molecule has 1 heterocycles. The van der Waals surface area contributed by atoms with Gasteiger partial charge in [0.1, 0.15) is 10.7 Å². The first-order valence-corrected chi connectivity index (χ1v) is 7.91. The first-order valence-electron chi connectivity index (χ1n) is 7.03. The lowest BCUT2D eigenvalue weighted by Gasteiger charge is -2.07. The number of nitrogens with one attached hydrogen (secondary N) is 1. The van der Waals surface area contributed by atoms with Crippen LogP contribution in [0.1, 0.15) is 28.9 Å². The highest BCUT2D eigenvalue weighted by atomic mass is 32.1. The maximum absolute atomic E-state index is 12.7. The maximum atomic E-state index is 12.7. The van der Waals surface area contributed by atoms with Gasteiger partial charge in [-0.15, -0.1) is 11.3 Å². The number of rotatable bonds is 6. The second-order valence-corrected chi connectivity index (χ2v) is 5.73. The number of amides is 1. The molecule has 0 bridgehead atoms. The van der Waals surface area contributed by atoms with Crippen molar-refractivity contribution in [3.63, 3.8) is 0 Å². The Morgan fingerprint density at radius 3 is 2.78 bits per heavy atom. The molecule has 8 heteroatoms. The number of thiazole rings is 1. The quantitative estimate of drug-likeness (QED) is 0.791. The summed E-state index contributed by atoms with van der Waals surface area (Å²) in [5, 5.41) is 4.62. The zero-order valence-electron chi connectivity index (χ0n) is 12.2. The summed E-state index contributed by atoms with van der Waals surface area (Å²) in [6.07, 6.45) is -2.82. The number of nitrogens with zero attached hydrogens (tertiary/aromatic N) is 1. The van der Waals surface area contributed by atoms with Crippen molar-refractivity contribution in [2.24, 2.45) is 5.73 Å². The summed E-state index contributed by atoms with van der Waals surface area (Å²) in [5.74, 6) is -0.337. The summed E-state index contributed by atoms with van der Waals surface area (Å²) in [6, 6.07) is 4.90. The number of carbonyl (C=O) groups is 1. The smallest absolute Gasteiger partial charge is 0.351 e. The molecule has 124 valence electrons. The van der Waals surface area contributed by atoms with E-state index in [2.05, 4.69) is 10.3 Å². The molecular weight excluding hydrogens is 327 g/mol. The number of halogens is 3. The van der Waals surface area contributed by atoms with Crippen LogP contribution in [0.2, 0.25) is 0 Å². The van der Waals surface area contributed by atoms with Crippen molar-refractivity contribution in [1.82, 2.24) is 10.3 Å². The molecule has 0 fully saturated rings. The maximum Gasteiger partial charge on any atom is 0.416 e. The van der Waals surface area contributed by atoms with Gasteiger partial charge >= 0.3 is 6.18 Å². The molecule has 1 aromatic carbocycles. The molecule has 0 atom stereocenters. The first kappa shape index (κ1) is 17.4. The van der Waals surface area contributed by atoms with Crippen molar-refractivity contribution in [3.05, 3.63) is 40.9 Å². The average molecular weight is 343 g/mol. The number of alkyl halides is 3. The third kappa shape index (κ3) is 4.77. The lowest BCUT2D eigenvalue weighted by Crippen LogP contribution is -2.25. The highest BCUT2D eigenvalue weighted by Gasteiger charge is 2.30. The minimum atomic E-state index is -4.41. The lowest BCUT2D eigenvalue weighted by molar-refractivity contribution is -0.137. The predicted octanol–water partition coefficient (Wildman–Crippen LogP) is 3.30. The molecule has 0 radical (unpaired) electrons. The SMILES string of the molecule is NCCCCNC(=O)c1csc(-c2cccc(C(F)(F)F)c2)n1. The van der Waals surface area contributed by atoms with Crippen molar-refractivity contribution in [2.45, 2.75) is 19.0 Å². The van der Waals surface area contributed by atoms with Gasteiger partial charge in [0.25, 0.3) is 5.91 Å². The number of hydrogen-bond donors (Lipinski definition) is 2. The molecule has 0 unspecified atom stereocenters. The van der Waals surface area contributed by atoms with Crippen LogP contribution >= 0.6 is 11.3 Å². The van der Waals surface area contributed by atoms with Crippen LogP contribution in [0.25, 0.3) is 10.6 Å². The molecule has 0 aliphatic rings. The summed E-state index contributed by atoms with van der Waals surface area (Å²) < 4.78 is 38.2. The number of unbranched alkanes of at least 4 members (excludes halogenated alkanes) is 1. The Morgan fingerprint density at radius 1 is 1.30 bits per heavy atom. The Bertz CT molecular complexity index is 670. The summed E-state index contributed by atoms with van der Waals surface area (Å²) in [5.41, 5.74) is 5.17. The lowest BCUT2D eigenvalue weighted by atomic mass is 10.1. The summed E-state index contributed by atoms with van der Waals surface area (Å²) >= 11 is 1.13. The third-order valence-electron chi connectivity index (χ3n) is 3.09. The Labute approximate surface area is 135 Å². The van der Waals surface area contributed by atoms with E-state index in [1.807, 2.05) is 0 Å². The Hall–Kier alpha value is -1.93. The highest BCUT2D eigenvalue weighted by Crippen LogP contribution is 2.33. The second-order valence-electron chi connectivity index (χ2n) is 4.87. The van der Waals surface area contributed by atoms with Crippen LogP contribution in [-0.4, -0.2) is 24.0 Å². The Morgan fingerprint density at radius 2 is 2.09 bits per heavy atom. The molecule has 0 aliphatic heterocycles. The van der Waals surface area contributed by atoms with Crippen molar-refractivity contribution in [3.8, 4) is 10.6 Å². The van der Waals surface area contributed by atoms with Crippen LogP contribution in [0.5, 0.6) is 0 Å². The topological polar surface area (TPSA) is 68.0 Å². The van der Waals surface area contributed by atoms with E-state index in [0.717, 1.165) is 36.3 Å². The normalized spacial score (nSPS) is 11.5. The molecule has 2 rings (SSSR count). The van der Waals surface area contributed by atoms with Crippen LogP contribution < -0.4 is 11.1 Å². The molecule has 1 aromatic heterocycles. The minimum Gasteiger partial charge on any atom is -0.351 e. The average Bonchev–Trinajstić information content (AvgIpc) is 3.01. The van der Waals surface area contributed by atoms with Gasteiger partial charge in [0.2, 0.25) is 0 Å². The van der Waals surface area contributed by atoms with E-state index in [4.69, 9.17) is 5.73 Å². The predicted molar refractivity (Wildman–Crippen MR) is 83.2 cm³/mol. The summed E-state index contributed by atoms with van der Waals surface area (Å²) in [7, 11) is 0. The van der Waals surface area contributed by atoms with Gasteiger partial charge in [0.15, 0.2) is 0 Å². The zero-order chi connectivity index (χ0) is 16.9. The minimum absolute atomic E-state index is 0.204. The molecule has 23 heavy (non-hydrogen) atoms. The van der Waals surface area contributed by atoms with E-state index in [0.29, 0.717) is 23.7 Å². The van der Waals surface area contributed by atoms with Crippen LogP contribution in [0.3, 0.4) is 0 Å². The van der Waals surface area contributed by atoms with Crippen LogP contribution in [-0.2, 0) is 6.18 Å². The molecule has 2 aromatic rings. The van der Waals surface area contributed by atoms with Gasteiger partial charge in [0.05, 0.1) is 5.56 Å². The fraction of sp³-hybridized carbons (Fsp3) is 0.333. The third-order valence-corrected chi connectivity index (χ3v) is 3.98. The fourth-order valence-electron chi connectivity index (χ4n) is 1.90. The monoisotopic (exact) mass is 343 g/mol. The molecule has 0 saturated carbocycles. The van der Waals surface area contributed by atoms with E-state index < -0.39 is 11.7 Å². The molecular formula is C15H16F3N3OS. The number of nitrogens with two attached hydrogens (primary N) is 1. The van der Waals surface area contributed by atoms with Crippen molar-refractivity contribution < 1.29 is 18.0 Å². The van der Waals surface area contributed by atoms with Gasteiger partial charge in [-0.25, -0.2) is 4.98 Å². The second kappa shape index (κ2) is 7.56. The van der Waals surface area contributed by atoms with Crippen molar-refractivity contribution in [1.29, 1.82) is 0 Å². The zero-order valence-corrected chi connectivity index (χ0v) is 13.0. The molecule has 4 nitrogen and oxygen atoms in total. The van der Waals surface area contributed by atoms with Gasteiger partial charge in [-0.3, -0.25) is 4.79 Å². The van der Waals surface area contributed by atoms with Crippen molar-refractivity contribution >= 4 is 17.2 Å². The van der Waals surface area contributed by atoms with E-state index in [1.165, 1.54) is 17.5 Å². The fourth-order valence-corrected chi connectivity index (χ4v) is 2.70. The van der Waals surface area contributed by atoms with E-state index in [9.17, 15) is 18.0 Å². The highest BCUT2D eigenvalue weighted by molar-refractivity contribution is 7.13. The molecule has 0 saturated heterocycles. The summed E-state index contributed by atoms with van der Waals surface area (Å²) in [4.78, 5) is 16.0. The Kier molecular flexibility index (Phi) is 5.73. The number of benzene rings is 1. The molecule has 0 spiro atoms. The van der Waals surface area contributed by atoms with E-state index in [1.54, 1.807) is 0 Å². The van der Waals surface area contributed by atoms with Gasteiger partial charge in [0, 0.05) is 17.5 Å². The largest absolute Gasteiger partial charge is 0.416 e. The number of carbonyl (C=O) groups excluding carboxylic acids is 1. The van der Waals surface area contributed by atoms with Gasteiger partial charge in [-0.05, 0) is 31.5 Å². The van der Waals surface area contributed by atoms with Gasteiger partial charge in [-0.2, -0.15) is 13.2 Å². The Balaban J connectivity index is 2.09.